The van der Waals surface area contributed by atoms with E-state index in [1.165, 1.54) is 0 Å². The molecule has 61 valence electrons. The first-order valence-electron chi connectivity index (χ1n) is 3.43. The van der Waals surface area contributed by atoms with Gasteiger partial charge in [0.1, 0.15) is 11.9 Å². The molecule has 1 rings (SSSR count). The predicted molar refractivity (Wildman–Crippen MR) is 41.7 cm³/mol. The van der Waals surface area contributed by atoms with Crippen molar-refractivity contribution in [3.8, 4) is 0 Å². The first-order chi connectivity index (χ1) is 5.20. The molecule has 1 N–H and O–H groups in total. The van der Waals surface area contributed by atoms with E-state index in [1.54, 1.807) is 30.3 Å². The van der Waals surface area contributed by atoms with Crippen LogP contribution in [-0.2, 0) is 0 Å². The molecule has 0 aliphatic heterocycles. The van der Waals surface area contributed by atoms with Crippen molar-refractivity contribution in [1.29, 1.82) is 0 Å². The predicted octanol–water partition coefficient (Wildman–Crippen LogP) is 1.04. The third-order valence-corrected chi connectivity index (χ3v) is 1.36. The van der Waals surface area contributed by atoms with Gasteiger partial charge in [0.15, 0.2) is 0 Å². The van der Waals surface area contributed by atoms with Gasteiger partial charge in [-0.1, -0.05) is 0 Å². The van der Waals surface area contributed by atoms with Crippen molar-refractivity contribution in [1.82, 2.24) is 4.90 Å². The van der Waals surface area contributed by atoms with Crippen molar-refractivity contribution in [3.63, 3.8) is 0 Å². The fourth-order valence-electron chi connectivity index (χ4n) is 0.866. The molecule has 1 aromatic rings. The summed E-state index contributed by atoms with van der Waals surface area (Å²) < 4.78 is 4.99. The molecule has 3 nitrogen and oxygen atoms in total. The maximum Gasteiger partial charge on any atom is 0.133 e. The Morgan fingerprint density at radius 1 is 1.82 bits per heavy atom. The highest BCUT2D eigenvalue weighted by molar-refractivity contribution is 5.02. The fraction of sp³-hybridized carbons (Fsp3) is 0.375. The van der Waals surface area contributed by atoms with Crippen LogP contribution in [0.5, 0.6) is 0 Å². The van der Waals surface area contributed by atoms with E-state index in [9.17, 15) is 5.11 Å². The molecule has 0 aromatic carbocycles. The number of nitrogens with zero attached hydrogens (tertiary/aromatic N) is 1. The monoisotopic (exact) mass is 154 g/mol. The molecule has 0 bridgehead atoms. The second kappa shape index (κ2) is 3.55. The number of hydrogen-bond donors (Lipinski definition) is 1. The molecule has 1 aromatic heterocycles. The highest BCUT2D eigenvalue weighted by Crippen LogP contribution is 2.12. The number of rotatable bonds is 3. The second-order valence-corrected chi connectivity index (χ2v) is 2.57. The SMILES string of the molecule is [CH2]N(C)C[C@H](O)c1ccco1. The van der Waals surface area contributed by atoms with Crippen LogP contribution >= 0.6 is 0 Å². The zero-order valence-electron chi connectivity index (χ0n) is 6.53. The highest BCUT2D eigenvalue weighted by atomic mass is 16.4. The van der Waals surface area contributed by atoms with Gasteiger partial charge in [0, 0.05) is 13.6 Å². The Bertz CT molecular complexity index is 194. The summed E-state index contributed by atoms with van der Waals surface area (Å²) in [6.07, 6.45) is 0.967. The molecular formula is C8H12NO2. The van der Waals surface area contributed by atoms with E-state index in [0.717, 1.165) is 0 Å². The normalized spacial score (nSPS) is 13.8. The van der Waals surface area contributed by atoms with Crippen molar-refractivity contribution in [2.75, 3.05) is 13.6 Å². The Balaban J connectivity index is 2.49. The number of aliphatic hydroxyl groups excluding tert-OH is 1. The molecule has 1 atom stereocenters. The number of furan rings is 1. The fourth-order valence-corrected chi connectivity index (χ4v) is 0.866. The summed E-state index contributed by atoms with van der Waals surface area (Å²) in [5.74, 6) is 0.584. The largest absolute Gasteiger partial charge is 0.467 e. The van der Waals surface area contributed by atoms with Crippen molar-refractivity contribution in [3.05, 3.63) is 31.2 Å². The summed E-state index contributed by atoms with van der Waals surface area (Å²) >= 11 is 0. The Labute approximate surface area is 66.2 Å². The van der Waals surface area contributed by atoms with Gasteiger partial charge in [0.25, 0.3) is 0 Å². The number of aliphatic hydroxyl groups is 1. The van der Waals surface area contributed by atoms with Gasteiger partial charge < -0.3 is 14.4 Å². The Kier molecular flexibility index (Phi) is 2.68. The molecule has 0 saturated carbocycles. The Morgan fingerprint density at radius 2 is 2.55 bits per heavy atom. The molecule has 0 aliphatic rings. The molecule has 0 aliphatic carbocycles. The van der Waals surface area contributed by atoms with Gasteiger partial charge in [0.05, 0.1) is 6.26 Å². The van der Waals surface area contributed by atoms with Crippen molar-refractivity contribution >= 4 is 0 Å². The third kappa shape index (κ3) is 2.37. The van der Waals surface area contributed by atoms with E-state index in [4.69, 9.17) is 4.42 Å². The van der Waals surface area contributed by atoms with E-state index in [1.807, 2.05) is 0 Å². The van der Waals surface area contributed by atoms with E-state index in [-0.39, 0.29) is 0 Å². The Morgan fingerprint density at radius 3 is 3.00 bits per heavy atom. The van der Waals surface area contributed by atoms with Crippen LogP contribution < -0.4 is 0 Å². The molecular weight excluding hydrogens is 142 g/mol. The van der Waals surface area contributed by atoms with Crippen LogP contribution in [0.15, 0.2) is 22.8 Å². The lowest BCUT2D eigenvalue weighted by Gasteiger charge is -2.12. The highest BCUT2D eigenvalue weighted by Gasteiger charge is 2.10. The summed E-state index contributed by atoms with van der Waals surface area (Å²) in [5, 5.41) is 9.40. The van der Waals surface area contributed by atoms with E-state index in [2.05, 4.69) is 7.05 Å². The van der Waals surface area contributed by atoms with Crippen LogP contribution in [0.2, 0.25) is 0 Å². The maximum atomic E-state index is 9.40. The van der Waals surface area contributed by atoms with Gasteiger partial charge in [-0.25, -0.2) is 0 Å². The van der Waals surface area contributed by atoms with Gasteiger partial charge in [-0.3, -0.25) is 0 Å². The first kappa shape index (κ1) is 8.30. The molecule has 0 saturated heterocycles. The lowest BCUT2D eigenvalue weighted by atomic mass is 10.2. The molecule has 1 heterocycles. The van der Waals surface area contributed by atoms with Gasteiger partial charge in [-0.05, 0) is 19.2 Å². The minimum Gasteiger partial charge on any atom is -0.467 e. The number of hydrogen-bond acceptors (Lipinski definition) is 3. The second-order valence-electron chi connectivity index (χ2n) is 2.57. The summed E-state index contributed by atoms with van der Waals surface area (Å²) in [5.41, 5.74) is 0. The standard InChI is InChI=1S/C8H12NO2/c1-9(2)6-7(10)8-4-3-5-11-8/h3-5,7,10H,1,6H2,2H3/t7-/m0/s1. The van der Waals surface area contributed by atoms with Crippen molar-refractivity contribution < 1.29 is 9.52 Å². The molecule has 3 heteroatoms. The van der Waals surface area contributed by atoms with Crippen molar-refractivity contribution in [2.24, 2.45) is 0 Å². The van der Waals surface area contributed by atoms with Crippen LogP contribution in [0.4, 0.5) is 0 Å². The zero-order valence-corrected chi connectivity index (χ0v) is 6.53. The van der Waals surface area contributed by atoms with Crippen LogP contribution in [0.1, 0.15) is 11.9 Å². The van der Waals surface area contributed by atoms with Gasteiger partial charge in [-0.2, -0.15) is 0 Å². The van der Waals surface area contributed by atoms with Gasteiger partial charge in [0.2, 0.25) is 0 Å². The van der Waals surface area contributed by atoms with Crippen molar-refractivity contribution in [2.45, 2.75) is 6.10 Å². The van der Waals surface area contributed by atoms with E-state index in [0.29, 0.717) is 12.3 Å². The minimum atomic E-state index is -0.576. The van der Waals surface area contributed by atoms with Crippen LogP contribution in [0, 0.1) is 7.05 Å². The van der Waals surface area contributed by atoms with Gasteiger partial charge >= 0.3 is 0 Å². The molecule has 0 fully saturated rings. The summed E-state index contributed by atoms with van der Waals surface area (Å²) in [6.45, 7) is 0.480. The molecule has 0 unspecified atom stereocenters. The topological polar surface area (TPSA) is 36.6 Å². The maximum absolute atomic E-state index is 9.40. The summed E-state index contributed by atoms with van der Waals surface area (Å²) in [7, 11) is 5.42. The summed E-state index contributed by atoms with van der Waals surface area (Å²) in [4.78, 5) is 1.66. The average Bonchev–Trinajstić information content (AvgIpc) is 2.35. The molecule has 0 amide bonds. The lowest BCUT2D eigenvalue weighted by Crippen LogP contribution is -2.17. The van der Waals surface area contributed by atoms with Crippen LogP contribution in [0.25, 0.3) is 0 Å². The molecule has 0 spiro atoms. The Hall–Kier alpha value is -0.800. The molecule has 11 heavy (non-hydrogen) atoms. The quantitative estimate of drug-likeness (QED) is 0.706. The number of likely N-dealkylation sites (N-methyl/N-ethyl adjacent to an activating group) is 1. The van der Waals surface area contributed by atoms with Gasteiger partial charge in [-0.15, -0.1) is 0 Å². The first-order valence-corrected chi connectivity index (χ1v) is 3.43. The molecule has 1 radical (unpaired) electrons. The van der Waals surface area contributed by atoms with Crippen LogP contribution in [-0.4, -0.2) is 23.6 Å². The average molecular weight is 154 g/mol. The third-order valence-electron chi connectivity index (χ3n) is 1.36. The smallest absolute Gasteiger partial charge is 0.133 e. The minimum absolute atomic E-state index is 0.480. The zero-order chi connectivity index (χ0) is 8.27. The summed E-state index contributed by atoms with van der Waals surface area (Å²) in [6, 6.07) is 3.50. The van der Waals surface area contributed by atoms with E-state index < -0.39 is 6.10 Å². The lowest BCUT2D eigenvalue weighted by molar-refractivity contribution is 0.121. The van der Waals surface area contributed by atoms with E-state index >= 15 is 0 Å². The van der Waals surface area contributed by atoms with Crippen LogP contribution in [0.3, 0.4) is 0 Å².